The fraction of sp³-hybridized carbons (Fsp3) is 0.273. The summed E-state index contributed by atoms with van der Waals surface area (Å²) >= 11 is 5.88. The van der Waals surface area contributed by atoms with Crippen molar-refractivity contribution in [2.45, 2.75) is 18.3 Å². The number of anilines is 1. The normalized spacial score (nSPS) is 29.4. The minimum atomic E-state index is -0.876. The van der Waals surface area contributed by atoms with Crippen molar-refractivity contribution in [2.24, 2.45) is 11.8 Å². The number of fused-ring (bicyclic) bond motifs is 1. The number of benzene rings is 2. The van der Waals surface area contributed by atoms with Crippen LogP contribution in [0.5, 0.6) is 0 Å². The number of hydrogen-bond acceptors (Lipinski definition) is 4. The number of halogens is 2. The third-order valence-corrected chi connectivity index (χ3v) is 6.10. The quantitative estimate of drug-likeness (QED) is 0.568. The second-order valence-electron chi connectivity index (χ2n) is 7.52. The number of carbonyl (C=O) groups excluding carboxylic acids is 2. The molecule has 2 aromatic carbocycles. The Morgan fingerprint density at radius 2 is 2.07 bits per heavy atom. The van der Waals surface area contributed by atoms with Crippen molar-refractivity contribution in [3.8, 4) is 0 Å². The van der Waals surface area contributed by atoms with Gasteiger partial charge < -0.3 is 14.4 Å². The molecule has 0 aromatic heterocycles. The Morgan fingerprint density at radius 3 is 2.83 bits per heavy atom. The van der Waals surface area contributed by atoms with Crippen LogP contribution in [0.2, 0.25) is 5.02 Å². The Bertz CT molecular complexity index is 1030. The zero-order chi connectivity index (χ0) is 20.2. The SMILES string of the molecule is O=C(OCc1ccccc1)[C@H]1[C@H]2C(=O)N(c3ccc(F)c(Cl)c3)C[C@]23C=C[C@H]1O3. The topological polar surface area (TPSA) is 55.8 Å². The maximum atomic E-state index is 13.5. The maximum Gasteiger partial charge on any atom is 0.313 e. The van der Waals surface area contributed by atoms with Crippen LogP contribution < -0.4 is 4.90 Å². The Kier molecular flexibility index (Phi) is 4.22. The molecule has 0 saturated carbocycles. The van der Waals surface area contributed by atoms with Gasteiger partial charge in [-0.2, -0.15) is 0 Å². The van der Waals surface area contributed by atoms with Crippen molar-refractivity contribution in [3.05, 3.63) is 77.1 Å². The van der Waals surface area contributed by atoms with Crippen molar-refractivity contribution in [3.63, 3.8) is 0 Å². The summed E-state index contributed by atoms with van der Waals surface area (Å²) in [6, 6.07) is 13.5. The highest BCUT2D eigenvalue weighted by atomic mass is 35.5. The van der Waals surface area contributed by atoms with E-state index in [0.717, 1.165) is 5.56 Å². The van der Waals surface area contributed by atoms with Gasteiger partial charge in [-0.15, -0.1) is 0 Å². The zero-order valence-electron chi connectivity index (χ0n) is 15.3. The highest BCUT2D eigenvalue weighted by molar-refractivity contribution is 6.31. The van der Waals surface area contributed by atoms with Gasteiger partial charge in [-0.05, 0) is 23.8 Å². The van der Waals surface area contributed by atoms with Gasteiger partial charge in [0, 0.05) is 5.69 Å². The Balaban J connectivity index is 1.39. The van der Waals surface area contributed by atoms with Crippen LogP contribution >= 0.6 is 11.6 Å². The molecule has 4 atom stereocenters. The van der Waals surface area contributed by atoms with Gasteiger partial charge in [-0.3, -0.25) is 9.59 Å². The van der Waals surface area contributed by atoms with E-state index in [-0.39, 0.29) is 24.1 Å². The third kappa shape index (κ3) is 2.86. The lowest BCUT2D eigenvalue weighted by molar-refractivity contribution is -0.153. The highest BCUT2D eigenvalue weighted by Crippen LogP contribution is 2.53. The van der Waals surface area contributed by atoms with Crippen LogP contribution in [0.4, 0.5) is 10.1 Å². The summed E-state index contributed by atoms with van der Waals surface area (Å²) in [5.74, 6) is -2.65. The second kappa shape index (κ2) is 6.68. The first-order valence-corrected chi connectivity index (χ1v) is 9.70. The molecule has 3 aliphatic heterocycles. The van der Waals surface area contributed by atoms with E-state index < -0.39 is 35.3 Å². The summed E-state index contributed by atoms with van der Waals surface area (Å²) in [6.07, 6.45) is 3.19. The largest absolute Gasteiger partial charge is 0.460 e. The number of nitrogens with zero attached hydrogens (tertiary/aromatic N) is 1. The van der Waals surface area contributed by atoms with Gasteiger partial charge in [-0.25, -0.2) is 4.39 Å². The van der Waals surface area contributed by atoms with Crippen LogP contribution in [0.15, 0.2) is 60.7 Å². The monoisotopic (exact) mass is 413 g/mol. The average molecular weight is 414 g/mol. The smallest absolute Gasteiger partial charge is 0.313 e. The molecule has 1 amide bonds. The van der Waals surface area contributed by atoms with E-state index in [0.29, 0.717) is 5.69 Å². The lowest BCUT2D eigenvalue weighted by Crippen LogP contribution is -2.40. The van der Waals surface area contributed by atoms with Crippen molar-refractivity contribution in [1.82, 2.24) is 0 Å². The number of esters is 1. The van der Waals surface area contributed by atoms with Crippen LogP contribution in [-0.4, -0.2) is 30.1 Å². The molecule has 0 radical (unpaired) electrons. The molecule has 3 heterocycles. The summed E-state index contributed by atoms with van der Waals surface area (Å²) in [7, 11) is 0. The van der Waals surface area contributed by atoms with Gasteiger partial charge in [0.1, 0.15) is 23.9 Å². The van der Waals surface area contributed by atoms with E-state index in [9.17, 15) is 14.0 Å². The molecule has 2 saturated heterocycles. The minimum Gasteiger partial charge on any atom is -0.460 e. The summed E-state index contributed by atoms with van der Waals surface area (Å²) in [5, 5.41) is -0.0653. The van der Waals surface area contributed by atoms with Crippen LogP contribution in [0.3, 0.4) is 0 Å². The Labute approximate surface area is 171 Å². The van der Waals surface area contributed by atoms with Gasteiger partial charge in [-0.1, -0.05) is 54.1 Å². The molecule has 0 unspecified atom stereocenters. The predicted molar refractivity (Wildman–Crippen MR) is 104 cm³/mol. The molecular formula is C22H17ClFNO4. The lowest BCUT2D eigenvalue weighted by atomic mass is 9.77. The van der Waals surface area contributed by atoms with Crippen molar-refractivity contribution < 1.29 is 23.5 Å². The first-order chi connectivity index (χ1) is 14.0. The first-order valence-electron chi connectivity index (χ1n) is 9.33. The fourth-order valence-corrected chi connectivity index (χ4v) is 4.64. The summed E-state index contributed by atoms with van der Waals surface area (Å²) < 4.78 is 25.1. The summed E-state index contributed by atoms with van der Waals surface area (Å²) in [5.41, 5.74) is 0.469. The maximum absolute atomic E-state index is 13.5. The van der Waals surface area contributed by atoms with Crippen LogP contribution in [-0.2, 0) is 25.7 Å². The number of amides is 1. The van der Waals surface area contributed by atoms with E-state index >= 15 is 0 Å². The number of carbonyl (C=O) groups is 2. The van der Waals surface area contributed by atoms with Crippen molar-refractivity contribution in [2.75, 3.05) is 11.4 Å². The van der Waals surface area contributed by atoms with Gasteiger partial charge in [0.25, 0.3) is 0 Å². The predicted octanol–water partition coefficient (Wildman–Crippen LogP) is 3.51. The highest BCUT2D eigenvalue weighted by Gasteiger charge is 2.67. The summed E-state index contributed by atoms with van der Waals surface area (Å²) in [4.78, 5) is 27.6. The average Bonchev–Trinajstić information content (AvgIpc) is 3.37. The zero-order valence-corrected chi connectivity index (χ0v) is 16.0. The van der Waals surface area contributed by atoms with Gasteiger partial charge in [0.15, 0.2) is 0 Å². The van der Waals surface area contributed by atoms with E-state index in [1.165, 1.54) is 23.1 Å². The molecule has 5 rings (SSSR count). The van der Waals surface area contributed by atoms with E-state index in [2.05, 4.69) is 0 Å². The van der Waals surface area contributed by atoms with Gasteiger partial charge >= 0.3 is 5.97 Å². The standard InChI is InChI=1S/C22H17ClFNO4/c23-15-10-14(6-7-16(15)24)25-12-22-9-8-17(29-22)18(19(22)20(25)26)21(27)28-11-13-4-2-1-3-5-13/h1-10,17-19H,11-12H2/t17-,18-,19+,22-/m1/s1. The molecule has 2 aromatic rings. The van der Waals surface area contributed by atoms with Crippen LogP contribution in [0, 0.1) is 17.7 Å². The molecular weight excluding hydrogens is 397 g/mol. The van der Waals surface area contributed by atoms with Gasteiger partial charge in [0.2, 0.25) is 5.91 Å². The molecule has 7 heteroatoms. The molecule has 0 aliphatic carbocycles. The third-order valence-electron chi connectivity index (χ3n) is 5.81. The fourth-order valence-electron chi connectivity index (χ4n) is 4.46. The molecule has 2 bridgehead atoms. The molecule has 1 spiro atoms. The first kappa shape index (κ1) is 18.3. The molecule has 148 valence electrons. The van der Waals surface area contributed by atoms with E-state index in [4.69, 9.17) is 21.1 Å². The number of ether oxygens (including phenoxy) is 2. The van der Waals surface area contributed by atoms with Crippen LogP contribution in [0.1, 0.15) is 5.56 Å². The second-order valence-corrected chi connectivity index (χ2v) is 7.92. The number of hydrogen-bond donors (Lipinski definition) is 0. The molecule has 5 nitrogen and oxygen atoms in total. The Hall–Kier alpha value is -2.70. The molecule has 2 fully saturated rings. The summed E-state index contributed by atoms with van der Waals surface area (Å²) in [6.45, 7) is 0.381. The van der Waals surface area contributed by atoms with E-state index in [1.54, 1.807) is 0 Å². The number of rotatable bonds is 4. The van der Waals surface area contributed by atoms with Crippen LogP contribution in [0.25, 0.3) is 0 Å². The molecule has 29 heavy (non-hydrogen) atoms. The lowest BCUT2D eigenvalue weighted by Gasteiger charge is -2.22. The van der Waals surface area contributed by atoms with Gasteiger partial charge in [0.05, 0.1) is 23.6 Å². The van der Waals surface area contributed by atoms with Crippen molar-refractivity contribution >= 4 is 29.2 Å². The van der Waals surface area contributed by atoms with Crippen molar-refractivity contribution in [1.29, 1.82) is 0 Å². The Morgan fingerprint density at radius 1 is 1.28 bits per heavy atom. The van der Waals surface area contributed by atoms with E-state index in [1.807, 2.05) is 42.5 Å². The molecule has 3 aliphatic rings. The molecule has 0 N–H and O–H groups in total. The minimum absolute atomic E-state index is 0.0653.